The van der Waals surface area contributed by atoms with Crippen LogP contribution in [-0.4, -0.2) is 24.1 Å². The first-order valence-corrected chi connectivity index (χ1v) is 4.32. The summed E-state index contributed by atoms with van der Waals surface area (Å²) in [6.45, 7) is 1.87. The third kappa shape index (κ3) is 2.54. The maximum absolute atomic E-state index is 11.1. The van der Waals surface area contributed by atoms with Gasteiger partial charge >= 0.3 is 25.0 Å². The third-order valence-electron chi connectivity index (χ3n) is 2.06. The molecule has 14 heavy (non-hydrogen) atoms. The predicted octanol–water partition coefficient (Wildman–Crippen LogP) is -1.36. The summed E-state index contributed by atoms with van der Waals surface area (Å²) in [7, 11) is 0. The summed E-state index contributed by atoms with van der Waals surface area (Å²) < 4.78 is 4.82. The summed E-state index contributed by atoms with van der Waals surface area (Å²) in [5.74, 6) is 0. The zero-order valence-corrected chi connectivity index (χ0v) is 8.27. The summed E-state index contributed by atoms with van der Waals surface area (Å²) in [6, 6.07) is 9.91. The number of amides is 1. The Morgan fingerprint density at radius 3 is 2.57 bits per heavy atom. The van der Waals surface area contributed by atoms with Crippen molar-refractivity contribution in [1.82, 2.24) is 4.90 Å². The number of hydrogen-bond donors (Lipinski definition) is 0. The van der Waals surface area contributed by atoms with Gasteiger partial charge in [-0.3, -0.25) is 0 Å². The van der Waals surface area contributed by atoms with E-state index in [1.54, 1.807) is 4.90 Å². The van der Waals surface area contributed by atoms with Gasteiger partial charge in [-0.25, -0.2) is 4.79 Å². The number of nitrogens with zero attached hydrogens (tertiary/aromatic N) is 1. The van der Waals surface area contributed by atoms with Gasteiger partial charge in [0.15, 0.2) is 0 Å². The molecule has 1 aromatic carbocycles. The van der Waals surface area contributed by atoms with Crippen LogP contribution in [0.25, 0.3) is 0 Å². The Kier molecular flexibility index (Phi) is 4.06. The first-order valence-electron chi connectivity index (χ1n) is 4.32. The van der Waals surface area contributed by atoms with Crippen molar-refractivity contribution in [3.05, 3.63) is 35.9 Å². The second kappa shape index (κ2) is 5.09. The second-order valence-electron chi connectivity index (χ2n) is 3.02. The van der Waals surface area contributed by atoms with Gasteiger partial charge < -0.3 is 9.64 Å². The molecule has 0 radical (unpaired) electrons. The first-order chi connectivity index (χ1) is 6.36. The van der Waals surface area contributed by atoms with Crippen molar-refractivity contribution in [2.75, 3.05) is 13.2 Å². The van der Waals surface area contributed by atoms with Crippen LogP contribution in [0, 0.1) is 0 Å². The van der Waals surface area contributed by atoms with Crippen LogP contribution in [-0.2, 0) is 11.3 Å². The van der Waals surface area contributed by atoms with Crippen molar-refractivity contribution >= 4 is 6.09 Å². The molecule has 3 nitrogen and oxygen atoms in total. The largest absolute Gasteiger partial charge is 1.00 e. The van der Waals surface area contributed by atoms with Crippen LogP contribution in [0.3, 0.4) is 0 Å². The Balaban J connectivity index is 0.000000980. The number of benzene rings is 1. The standard InChI is InChI=1S/C10H11NO2.Li/c12-10-11(6-7-13-10)8-9-4-2-1-3-5-9;/h1-5H,6-8H2;/q;+1. The van der Waals surface area contributed by atoms with Gasteiger partial charge in [-0.2, -0.15) is 0 Å². The van der Waals surface area contributed by atoms with E-state index in [1.807, 2.05) is 30.3 Å². The van der Waals surface area contributed by atoms with Crippen molar-refractivity contribution in [2.45, 2.75) is 6.54 Å². The average molecular weight is 184 g/mol. The van der Waals surface area contributed by atoms with Crippen molar-refractivity contribution in [3.63, 3.8) is 0 Å². The van der Waals surface area contributed by atoms with Crippen molar-refractivity contribution in [2.24, 2.45) is 0 Å². The van der Waals surface area contributed by atoms with E-state index in [2.05, 4.69) is 0 Å². The fourth-order valence-corrected chi connectivity index (χ4v) is 1.37. The van der Waals surface area contributed by atoms with Gasteiger partial charge in [0.1, 0.15) is 6.61 Å². The number of ether oxygens (including phenoxy) is 1. The molecular weight excluding hydrogens is 173 g/mol. The Morgan fingerprint density at radius 2 is 2.00 bits per heavy atom. The van der Waals surface area contributed by atoms with E-state index in [1.165, 1.54) is 0 Å². The molecule has 0 saturated carbocycles. The molecule has 0 spiro atoms. The normalized spacial score (nSPS) is 14.9. The molecule has 0 aromatic heterocycles. The SMILES string of the molecule is O=C1OCCN1Cc1ccccc1.[Li+]. The van der Waals surface area contributed by atoms with Gasteiger partial charge in [0, 0.05) is 6.54 Å². The maximum atomic E-state index is 11.1. The molecule has 1 aromatic rings. The van der Waals surface area contributed by atoms with E-state index in [4.69, 9.17) is 4.74 Å². The number of carbonyl (C=O) groups excluding carboxylic acids is 1. The fraction of sp³-hybridized carbons (Fsp3) is 0.300. The minimum atomic E-state index is -0.205. The Labute approximate surface area is 95.2 Å². The summed E-state index contributed by atoms with van der Waals surface area (Å²) in [5.41, 5.74) is 1.14. The molecule has 1 amide bonds. The van der Waals surface area contributed by atoms with Crippen LogP contribution >= 0.6 is 0 Å². The van der Waals surface area contributed by atoms with E-state index in [0.29, 0.717) is 19.7 Å². The summed E-state index contributed by atoms with van der Waals surface area (Å²) in [5, 5.41) is 0. The number of cyclic esters (lactones) is 1. The van der Waals surface area contributed by atoms with Gasteiger partial charge in [-0.15, -0.1) is 0 Å². The Morgan fingerprint density at radius 1 is 1.29 bits per heavy atom. The molecule has 0 aliphatic carbocycles. The van der Waals surface area contributed by atoms with Crippen molar-refractivity contribution in [1.29, 1.82) is 0 Å². The molecule has 68 valence electrons. The number of hydrogen-bond acceptors (Lipinski definition) is 2. The summed E-state index contributed by atoms with van der Waals surface area (Å²) in [6.07, 6.45) is -0.205. The van der Waals surface area contributed by atoms with Crippen molar-refractivity contribution in [3.8, 4) is 0 Å². The van der Waals surface area contributed by atoms with Gasteiger partial charge in [-0.1, -0.05) is 30.3 Å². The molecule has 0 unspecified atom stereocenters. The minimum Gasteiger partial charge on any atom is -0.448 e. The van der Waals surface area contributed by atoms with E-state index >= 15 is 0 Å². The Hall–Kier alpha value is -0.913. The van der Waals surface area contributed by atoms with Gasteiger partial charge in [0.2, 0.25) is 0 Å². The quantitative estimate of drug-likeness (QED) is 0.531. The molecule has 4 heteroatoms. The minimum absolute atomic E-state index is 0. The second-order valence-corrected chi connectivity index (χ2v) is 3.02. The molecule has 1 aliphatic heterocycles. The van der Waals surface area contributed by atoms with Crippen molar-refractivity contribution < 1.29 is 28.4 Å². The first kappa shape index (κ1) is 11.2. The van der Waals surface area contributed by atoms with Crippen LogP contribution in [0.1, 0.15) is 5.56 Å². The van der Waals surface area contributed by atoms with E-state index < -0.39 is 0 Å². The molecular formula is C10H11LiNO2+. The summed E-state index contributed by atoms with van der Waals surface area (Å²) in [4.78, 5) is 12.8. The van der Waals surface area contributed by atoms with E-state index in [-0.39, 0.29) is 25.0 Å². The molecule has 1 fully saturated rings. The molecule has 1 heterocycles. The molecule has 1 saturated heterocycles. The zero-order valence-electron chi connectivity index (χ0n) is 8.27. The van der Waals surface area contributed by atoms with Crippen LogP contribution in [0.4, 0.5) is 4.79 Å². The topological polar surface area (TPSA) is 29.5 Å². The predicted molar refractivity (Wildman–Crippen MR) is 48.2 cm³/mol. The van der Waals surface area contributed by atoms with Gasteiger partial charge in [0.25, 0.3) is 0 Å². The fourth-order valence-electron chi connectivity index (χ4n) is 1.37. The van der Waals surface area contributed by atoms with Gasteiger partial charge in [-0.05, 0) is 5.56 Å². The number of rotatable bonds is 2. The molecule has 0 bridgehead atoms. The monoisotopic (exact) mass is 184 g/mol. The van der Waals surface area contributed by atoms with Gasteiger partial charge in [0.05, 0.1) is 6.54 Å². The smallest absolute Gasteiger partial charge is 0.448 e. The van der Waals surface area contributed by atoms with E-state index in [0.717, 1.165) is 5.56 Å². The molecule has 2 rings (SSSR count). The van der Waals surface area contributed by atoms with Crippen LogP contribution < -0.4 is 18.9 Å². The average Bonchev–Trinajstić information content (AvgIpc) is 2.54. The molecule has 0 N–H and O–H groups in total. The van der Waals surface area contributed by atoms with Crippen LogP contribution in [0.5, 0.6) is 0 Å². The molecule has 1 aliphatic rings. The number of carbonyl (C=O) groups is 1. The van der Waals surface area contributed by atoms with E-state index in [9.17, 15) is 4.79 Å². The summed E-state index contributed by atoms with van der Waals surface area (Å²) >= 11 is 0. The molecule has 0 atom stereocenters. The third-order valence-corrected chi connectivity index (χ3v) is 2.06. The Bertz CT molecular complexity index is 302. The van der Waals surface area contributed by atoms with Crippen LogP contribution in [0.15, 0.2) is 30.3 Å². The maximum Gasteiger partial charge on any atom is 1.00 e. The zero-order chi connectivity index (χ0) is 9.10. The van der Waals surface area contributed by atoms with Crippen LogP contribution in [0.2, 0.25) is 0 Å².